The van der Waals surface area contributed by atoms with Gasteiger partial charge in [0.25, 0.3) is 0 Å². The van der Waals surface area contributed by atoms with Gasteiger partial charge in [-0.25, -0.2) is 0 Å². The lowest BCUT2D eigenvalue weighted by Gasteiger charge is -2.35. The highest BCUT2D eigenvalue weighted by Crippen LogP contribution is 2.39. The van der Waals surface area contributed by atoms with Gasteiger partial charge >= 0.3 is 0 Å². The van der Waals surface area contributed by atoms with Crippen LogP contribution in [-0.4, -0.2) is 40.8 Å². The molecule has 1 N–H and O–H groups in total. The van der Waals surface area contributed by atoms with Crippen LogP contribution in [0.15, 0.2) is 24.4 Å². The van der Waals surface area contributed by atoms with Crippen molar-refractivity contribution in [2.75, 3.05) is 19.8 Å². The minimum atomic E-state index is -0.0350. The first-order chi connectivity index (χ1) is 8.27. The second kappa shape index (κ2) is 4.00. The molecule has 1 aromatic heterocycles. The Morgan fingerprint density at radius 3 is 3.12 bits per heavy atom. The Kier molecular flexibility index (Phi) is 2.48. The molecule has 1 saturated carbocycles. The molecule has 1 amide bonds. The number of ether oxygens (including phenoxy) is 1. The first-order valence-electron chi connectivity index (χ1n) is 5.82. The number of rotatable bonds is 2. The Bertz CT molecular complexity index is 441. The number of nitrogens with zero attached hydrogens (tertiary/aromatic N) is 2. The fourth-order valence-electron chi connectivity index (χ4n) is 2.24. The van der Waals surface area contributed by atoms with E-state index in [0.29, 0.717) is 19.8 Å². The molecular formula is C12H15N3O2. The first kappa shape index (κ1) is 10.5. The van der Waals surface area contributed by atoms with Crippen LogP contribution in [-0.2, 0) is 9.53 Å². The van der Waals surface area contributed by atoms with Crippen molar-refractivity contribution in [3.05, 3.63) is 30.1 Å². The average molecular weight is 233 g/mol. The first-order valence-corrected chi connectivity index (χ1v) is 5.82. The van der Waals surface area contributed by atoms with E-state index in [9.17, 15) is 4.79 Å². The average Bonchev–Trinajstić information content (AvgIpc) is 2.88. The molecule has 5 heteroatoms. The second-order valence-corrected chi connectivity index (χ2v) is 4.55. The minimum absolute atomic E-state index is 0.0350. The van der Waals surface area contributed by atoms with Crippen LogP contribution in [0, 0.1) is 5.92 Å². The molecule has 1 aromatic rings. The lowest BCUT2D eigenvalue weighted by atomic mass is 10.1. The van der Waals surface area contributed by atoms with E-state index in [0.717, 1.165) is 17.7 Å². The van der Waals surface area contributed by atoms with Crippen LogP contribution in [0.4, 0.5) is 0 Å². The van der Waals surface area contributed by atoms with E-state index in [1.807, 2.05) is 11.0 Å². The standard InChI is InChI=1S/C12H15N3O2/c1-8-6-9(8)12(16)15-4-5-17-7-11(15)10-2-3-13-14-10/h2-3,9,11H,1,4-7H2,(H,13,14). The number of H-pyrrole nitrogens is 1. The van der Waals surface area contributed by atoms with Crippen LogP contribution in [0.25, 0.3) is 0 Å². The molecule has 2 unspecified atom stereocenters. The van der Waals surface area contributed by atoms with Crippen LogP contribution in [0.2, 0.25) is 0 Å². The van der Waals surface area contributed by atoms with Crippen molar-refractivity contribution in [1.82, 2.24) is 15.1 Å². The van der Waals surface area contributed by atoms with E-state index >= 15 is 0 Å². The Morgan fingerprint density at radius 1 is 1.65 bits per heavy atom. The number of amides is 1. The second-order valence-electron chi connectivity index (χ2n) is 4.55. The van der Waals surface area contributed by atoms with Gasteiger partial charge in [0.1, 0.15) is 0 Å². The third kappa shape index (κ3) is 1.86. The van der Waals surface area contributed by atoms with Gasteiger partial charge in [-0.15, -0.1) is 0 Å². The van der Waals surface area contributed by atoms with Gasteiger partial charge < -0.3 is 9.64 Å². The van der Waals surface area contributed by atoms with Gasteiger partial charge in [0.05, 0.1) is 30.9 Å². The van der Waals surface area contributed by atoms with Crippen LogP contribution < -0.4 is 0 Å². The monoisotopic (exact) mass is 233 g/mol. The van der Waals surface area contributed by atoms with Crippen molar-refractivity contribution in [3.63, 3.8) is 0 Å². The zero-order chi connectivity index (χ0) is 11.8. The number of hydrogen-bond donors (Lipinski definition) is 1. The third-order valence-corrected chi connectivity index (χ3v) is 3.39. The number of carbonyl (C=O) groups excluding carboxylic acids is 1. The summed E-state index contributed by atoms with van der Waals surface area (Å²) in [5.41, 5.74) is 1.98. The summed E-state index contributed by atoms with van der Waals surface area (Å²) in [4.78, 5) is 14.1. The molecule has 17 heavy (non-hydrogen) atoms. The molecular weight excluding hydrogens is 218 g/mol. The minimum Gasteiger partial charge on any atom is -0.377 e. The van der Waals surface area contributed by atoms with Crippen LogP contribution in [0.1, 0.15) is 18.2 Å². The summed E-state index contributed by atoms with van der Waals surface area (Å²) in [6.45, 7) is 5.64. The summed E-state index contributed by atoms with van der Waals surface area (Å²) >= 11 is 0. The zero-order valence-corrected chi connectivity index (χ0v) is 9.56. The van der Waals surface area contributed by atoms with Crippen molar-refractivity contribution in [2.45, 2.75) is 12.5 Å². The topological polar surface area (TPSA) is 58.2 Å². The SMILES string of the molecule is C=C1CC1C(=O)N1CCOCC1c1ccn[nH]1. The molecule has 0 radical (unpaired) electrons. The predicted molar refractivity (Wildman–Crippen MR) is 61.1 cm³/mol. The van der Waals surface area contributed by atoms with E-state index in [-0.39, 0.29) is 17.9 Å². The van der Waals surface area contributed by atoms with E-state index in [1.165, 1.54) is 0 Å². The maximum absolute atomic E-state index is 12.3. The number of nitrogens with one attached hydrogen (secondary N) is 1. The number of carbonyl (C=O) groups is 1. The fraction of sp³-hybridized carbons (Fsp3) is 0.500. The molecule has 1 saturated heterocycles. The summed E-state index contributed by atoms with van der Waals surface area (Å²) in [5, 5.41) is 6.85. The van der Waals surface area contributed by atoms with E-state index in [1.54, 1.807) is 6.20 Å². The molecule has 2 heterocycles. The lowest BCUT2D eigenvalue weighted by molar-refractivity contribution is -0.141. The summed E-state index contributed by atoms with van der Waals surface area (Å²) in [6, 6.07) is 1.86. The number of aromatic nitrogens is 2. The Hall–Kier alpha value is -1.62. The Morgan fingerprint density at radius 2 is 2.47 bits per heavy atom. The highest BCUT2D eigenvalue weighted by atomic mass is 16.5. The Balaban J connectivity index is 1.80. The van der Waals surface area contributed by atoms with Crippen molar-refractivity contribution in [2.24, 2.45) is 5.92 Å². The summed E-state index contributed by atoms with van der Waals surface area (Å²) in [5.74, 6) is 0.219. The Labute approximate surface area is 99.4 Å². The van der Waals surface area contributed by atoms with Gasteiger partial charge in [-0.3, -0.25) is 9.89 Å². The molecule has 3 rings (SSSR count). The van der Waals surface area contributed by atoms with Gasteiger partial charge in [-0.2, -0.15) is 5.10 Å². The highest BCUT2D eigenvalue weighted by Gasteiger charge is 2.41. The van der Waals surface area contributed by atoms with E-state index < -0.39 is 0 Å². The normalized spacial score (nSPS) is 28.2. The molecule has 90 valence electrons. The molecule has 5 nitrogen and oxygen atoms in total. The van der Waals surface area contributed by atoms with Crippen molar-refractivity contribution < 1.29 is 9.53 Å². The van der Waals surface area contributed by atoms with Crippen LogP contribution in [0.3, 0.4) is 0 Å². The summed E-state index contributed by atoms with van der Waals surface area (Å²) in [7, 11) is 0. The van der Waals surface area contributed by atoms with Crippen molar-refractivity contribution in [1.29, 1.82) is 0 Å². The number of aromatic amines is 1. The number of morpholine rings is 1. The highest BCUT2D eigenvalue weighted by molar-refractivity contribution is 5.86. The molecule has 1 aliphatic heterocycles. The van der Waals surface area contributed by atoms with Crippen molar-refractivity contribution in [3.8, 4) is 0 Å². The zero-order valence-electron chi connectivity index (χ0n) is 9.56. The molecule has 0 spiro atoms. The summed E-state index contributed by atoms with van der Waals surface area (Å²) < 4.78 is 5.45. The third-order valence-electron chi connectivity index (χ3n) is 3.39. The molecule has 2 aliphatic rings. The smallest absolute Gasteiger partial charge is 0.230 e. The van der Waals surface area contributed by atoms with Gasteiger partial charge in [-0.1, -0.05) is 12.2 Å². The molecule has 2 atom stereocenters. The number of hydrogen-bond acceptors (Lipinski definition) is 3. The quantitative estimate of drug-likeness (QED) is 0.772. The maximum atomic E-state index is 12.3. The summed E-state index contributed by atoms with van der Waals surface area (Å²) in [6.07, 6.45) is 2.54. The maximum Gasteiger partial charge on any atom is 0.230 e. The largest absolute Gasteiger partial charge is 0.377 e. The predicted octanol–water partition coefficient (Wildman–Crippen LogP) is 0.886. The van der Waals surface area contributed by atoms with Gasteiger partial charge in [0.15, 0.2) is 0 Å². The van der Waals surface area contributed by atoms with Gasteiger partial charge in [-0.05, 0) is 12.5 Å². The van der Waals surface area contributed by atoms with Crippen LogP contribution >= 0.6 is 0 Å². The van der Waals surface area contributed by atoms with Crippen LogP contribution in [0.5, 0.6) is 0 Å². The van der Waals surface area contributed by atoms with Gasteiger partial charge in [0.2, 0.25) is 5.91 Å². The molecule has 1 aliphatic carbocycles. The van der Waals surface area contributed by atoms with E-state index in [2.05, 4.69) is 16.8 Å². The van der Waals surface area contributed by atoms with Crippen molar-refractivity contribution >= 4 is 5.91 Å². The lowest BCUT2D eigenvalue weighted by Crippen LogP contribution is -2.44. The molecule has 0 bridgehead atoms. The molecule has 2 fully saturated rings. The fourth-order valence-corrected chi connectivity index (χ4v) is 2.24. The van der Waals surface area contributed by atoms with E-state index in [4.69, 9.17) is 4.74 Å². The van der Waals surface area contributed by atoms with Gasteiger partial charge in [0, 0.05) is 12.7 Å². The molecule has 0 aromatic carbocycles.